The summed E-state index contributed by atoms with van der Waals surface area (Å²) in [6, 6.07) is 4.06. The molecule has 1 aromatic heterocycles. The molecular formula is C10H13BrN2O. The van der Waals surface area contributed by atoms with Crippen molar-refractivity contribution in [2.75, 3.05) is 13.1 Å². The smallest absolute Gasteiger partial charge is 0.265 e. The Morgan fingerprint density at radius 3 is 2.86 bits per heavy atom. The van der Waals surface area contributed by atoms with Gasteiger partial charge in [-0.15, -0.1) is 0 Å². The maximum Gasteiger partial charge on any atom is 0.265 e. The van der Waals surface area contributed by atoms with E-state index in [4.69, 9.17) is 0 Å². The van der Waals surface area contributed by atoms with E-state index in [9.17, 15) is 4.79 Å². The van der Waals surface area contributed by atoms with Crippen molar-refractivity contribution >= 4 is 15.9 Å². The number of nitrogens with zero attached hydrogens (tertiary/aromatic N) is 1. The van der Waals surface area contributed by atoms with E-state index in [1.165, 1.54) is 0 Å². The predicted molar refractivity (Wildman–Crippen MR) is 59.5 cm³/mol. The minimum absolute atomic E-state index is 0.0828. The highest BCUT2D eigenvalue weighted by molar-refractivity contribution is 9.10. The normalized spacial score (nSPS) is 18.4. The first-order valence-electron chi connectivity index (χ1n) is 4.86. The van der Waals surface area contributed by atoms with Crippen LogP contribution in [-0.2, 0) is 0 Å². The minimum atomic E-state index is 0.0828. The van der Waals surface area contributed by atoms with Crippen molar-refractivity contribution in [3.05, 3.63) is 33.2 Å². The summed E-state index contributed by atoms with van der Waals surface area (Å²) in [5.41, 5.74) is 0.0828. The van der Waals surface area contributed by atoms with Crippen LogP contribution in [0.1, 0.15) is 18.9 Å². The molecule has 1 N–H and O–H groups in total. The molecule has 1 aliphatic heterocycles. The molecule has 0 unspecified atom stereocenters. The predicted octanol–water partition coefficient (Wildman–Crippen LogP) is 1.54. The molecule has 0 saturated carbocycles. The van der Waals surface area contributed by atoms with Gasteiger partial charge >= 0.3 is 0 Å². The second-order valence-electron chi connectivity index (χ2n) is 3.55. The Hall–Kier alpha value is -0.610. The van der Waals surface area contributed by atoms with Gasteiger partial charge in [-0.1, -0.05) is 0 Å². The Balaban J connectivity index is 2.31. The number of halogens is 1. The van der Waals surface area contributed by atoms with Crippen molar-refractivity contribution in [1.29, 1.82) is 0 Å². The summed E-state index contributed by atoms with van der Waals surface area (Å²) in [5, 5.41) is 3.29. The first kappa shape index (κ1) is 9.93. The topological polar surface area (TPSA) is 34.0 Å². The quantitative estimate of drug-likeness (QED) is 0.827. The van der Waals surface area contributed by atoms with E-state index < -0.39 is 0 Å². The van der Waals surface area contributed by atoms with E-state index in [1.807, 2.05) is 16.8 Å². The molecule has 1 saturated heterocycles. The van der Waals surface area contributed by atoms with E-state index in [2.05, 4.69) is 21.2 Å². The fourth-order valence-electron chi connectivity index (χ4n) is 1.85. The molecule has 76 valence electrons. The molecule has 0 aliphatic carbocycles. The van der Waals surface area contributed by atoms with Crippen molar-refractivity contribution < 1.29 is 0 Å². The molecular weight excluding hydrogens is 244 g/mol. The van der Waals surface area contributed by atoms with Crippen LogP contribution in [0, 0.1) is 0 Å². The number of aromatic nitrogens is 1. The molecule has 2 rings (SSSR count). The van der Waals surface area contributed by atoms with Crippen LogP contribution in [0.4, 0.5) is 0 Å². The van der Waals surface area contributed by atoms with E-state index in [0.717, 1.165) is 25.9 Å². The third-order valence-corrected chi connectivity index (χ3v) is 3.23. The van der Waals surface area contributed by atoms with Crippen molar-refractivity contribution in [2.24, 2.45) is 0 Å². The van der Waals surface area contributed by atoms with Gasteiger partial charge in [-0.25, -0.2) is 0 Å². The third kappa shape index (κ3) is 1.91. The molecule has 14 heavy (non-hydrogen) atoms. The van der Waals surface area contributed by atoms with Crippen molar-refractivity contribution in [2.45, 2.75) is 18.9 Å². The molecule has 0 bridgehead atoms. The van der Waals surface area contributed by atoms with Gasteiger partial charge in [0.15, 0.2) is 0 Å². The van der Waals surface area contributed by atoms with E-state index in [1.54, 1.807) is 6.07 Å². The first-order chi connectivity index (χ1) is 6.79. The average Bonchev–Trinajstić information content (AvgIpc) is 2.23. The largest absolute Gasteiger partial charge is 0.317 e. The molecule has 0 amide bonds. The molecule has 1 fully saturated rings. The lowest BCUT2D eigenvalue weighted by molar-refractivity contribution is 0.360. The van der Waals surface area contributed by atoms with Gasteiger partial charge < -0.3 is 9.88 Å². The van der Waals surface area contributed by atoms with Gasteiger partial charge in [0.05, 0.1) is 4.47 Å². The number of pyridine rings is 1. The van der Waals surface area contributed by atoms with Crippen molar-refractivity contribution in [3.63, 3.8) is 0 Å². The fraction of sp³-hybridized carbons (Fsp3) is 0.500. The standard InChI is InChI=1S/C10H13BrN2O/c11-9-2-1-7-13(10(9)14)8-3-5-12-6-4-8/h1-2,7-8,12H,3-6H2. The highest BCUT2D eigenvalue weighted by atomic mass is 79.9. The molecule has 0 aromatic carbocycles. The Labute approximate surface area is 91.3 Å². The Bertz CT molecular complexity index is 369. The molecule has 1 aromatic rings. The minimum Gasteiger partial charge on any atom is -0.317 e. The zero-order chi connectivity index (χ0) is 9.97. The lowest BCUT2D eigenvalue weighted by Crippen LogP contribution is -2.34. The molecule has 3 nitrogen and oxygen atoms in total. The van der Waals surface area contributed by atoms with Crippen LogP contribution in [0.2, 0.25) is 0 Å². The number of rotatable bonds is 1. The van der Waals surface area contributed by atoms with Gasteiger partial charge in [0, 0.05) is 12.2 Å². The second-order valence-corrected chi connectivity index (χ2v) is 4.40. The molecule has 2 heterocycles. The summed E-state index contributed by atoms with van der Waals surface area (Å²) < 4.78 is 2.49. The maximum absolute atomic E-state index is 11.8. The summed E-state index contributed by atoms with van der Waals surface area (Å²) in [6.07, 6.45) is 3.95. The van der Waals surface area contributed by atoms with Crippen LogP contribution >= 0.6 is 15.9 Å². The zero-order valence-corrected chi connectivity index (χ0v) is 9.46. The fourth-order valence-corrected chi connectivity index (χ4v) is 2.21. The highest BCUT2D eigenvalue weighted by Crippen LogP contribution is 2.16. The number of nitrogens with one attached hydrogen (secondary N) is 1. The molecule has 0 spiro atoms. The SMILES string of the molecule is O=c1c(Br)cccn1C1CCNCC1. The summed E-state index contributed by atoms with van der Waals surface area (Å²) in [5.74, 6) is 0. The van der Waals surface area contributed by atoms with Gasteiger partial charge in [0.2, 0.25) is 0 Å². The monoisotopic (exact) mass is 256 g/mol. The molecule has 1 aliphatic rings. The highest BCUT2D eigenvalue weighted by Gasteiger charge is 2.15. The van der Waals surface area contributed by atoms with Crippen LogP contribution in [-0.4, -0.2) is 17.7 Å². The Morgan fingerprint density at radius 2 is 2.14 bits per heavy atom. The molecule has 4 heteroatoms. The second kappa shape index (κ2) is 4.28. The van der Waals surface area contributed by atoms with Crippen LogP contribution in [0.25, 0.3) is 0 Å². The lowest BCUT2D eigenvalue weighted by Gasteiger charge is -2.24. The average molecular weight is 257 g/mol. The number of hydrogen-bond donors (Lipinski definition) is 1. The Kier molecular flexibility index (Phi) is 3.03. The van der Waals surface area contributed by atoms with Gasteiger partial charge in [0.25, 0.3) is 5.56 Å². The van der Waals surface area contributed by atoms with Gasteiger partial charge in [-0.05, 0) is 54.0 Å². The first-order valence-corrected chi connectivity index (χ1v) is 5.66. The van der Waals surface area contributed by atoms with Crippen LogP contribution in [0.3, 0.4) is 0 Å². The van der Waals surface area contributed by atoms with Crippen molar-refractivity contribution in [3.8, 4) is 0 Å². The summed E-state index contributed by atoms with van der Waals surface area (Å²) >= 11 is 3.26. The molecule has 0 atom stereocenters. The maximum atomic E-state index is 11.8. The van der Waals surface area contributed by atoms with Gasteiger partial charge in [0.1, 0.15) is 0 Å². The number of piperidine rings is 1. The van der Waals surface area contributed by atoms with Crippen LogP contribution < -0.4 is 10.9 Å². The van der Waals surface area contributed by atoms with E-state index in [-0.39, 0.29) is 5.56 Å². The van der Waals surface area contributed by atoms with Gasteiger partial charge in [-0.2, -0.15) is 0 Å². The Morgan fingerprint density at radius 1 is 1.43 bits per heavy atom. The van der Waals surface area contributed by atoms with Crippen LogP contribution in [0.5, 0.6) is 0 Å². The van der Waals surface area contributed by atoms with Crippen molar-refractivity contribution in [1.82, 2.24) is 9.88 Å². The third-order valence-electron chi connectivity index (χ3n) is 2.63. The van der Waals surface area contributed by atoms with E-state index >= 15 is 0 Å². The summed E-state index contributed by atoms with van der Waals surface area (Å²) in [4.78, 5) is 11.8. The summed E-state index contributed by atoms with van der Waals surface area (Å²) in [6.45, 7) is 2.01. The zero-order valence-electron chi connectivity index (χ0n) is 7.87. The van der Waals surface area contributed by atoms with Gasteiger partial charge in [-0.3, -0.25) is 4.79 Å². The molecule has 0 radical (unpaired) electrons. The van der Waals surface area contributed by atoms with E-state index in [0.29, 0.717) is 10.5 Å². The lowest BCUT2D eigenvalue weighted by atomic mass is 10.1. The van der Waals surface area contributed by atoms with Crippen LogP contribution in [0.15, 0.2) is 27.6 Å². The summed E-state index contributed by atoms with van der Waals surface area (Å²) in [7, 11) is 0. The number of hydrogen-bond acceptors (Lipinski definition) is 2.